The SMILES string of the molecule is CC1CC1(CO)Oc1ccccc1. The van der Waals surface area contributed by atoms with Crippen molar-refractivity contribution >= 4 is 0 Å². The summed E-state index contributed by atoms with van der Waals surface area (Å²) < 4.78 is 5.72. The van der Waals surface area contributed by atoms with Gasteiger partial charge in [-0.05, 0) is 18.6 Å². The number of para-hydroxylation sites is 1. The van der Waals surface area contributed by atoms with E-state index < -0.39 is 0 Å². The molecule has 0 aromatic heterocycles. The van der Waals surface area contributed by atoms with Crippen LogP contribution < -0.4 is 4.74 Å². The molecule has 70 valence electrons. The van der Waals surface area contributed by atoms with E-state index >= 15 is 0 Å². The Hall–Kier alpha value is -1.02. The van der Waals surface area contributed by atoms with E-state index in [1.807, 2.05) is 30.3 Å². The number of rotatable bonds is 3. The van der Waals surface area contributed by atoms with Crippen LogP contribution in [0.25, 0.3) is 0 Å². The molecule has 0 saturated heterocycles. The molecule has 0 radical (unpaired) electrons. The molecule has 0 bridgehead atoms. The summed E-state index contributed by atoms with van der Waals surface area (Å²) in [4.78, 5) is 0. The smallest absolute Gasteiger partial charge is 0.135 e. The average Bonchev–Trinajstić information content (AvgIpc) is 2.79. The Kier molecular flexibility index (Phi) is 2.00. The third-order valence-electron chi connectivity index (χ3n) is 2.72. The lowest BCUT2D eigenvalue weighted by molar-refractivity contribution is 0.0836. The largest absolute Gasteiger partial charge is 0.485 e. The van der Waals surface area contributed by atoms with Gasteiger partial charge in [0.2, 0.25) is 0 Å². The van der Waals surface area contributed by atoms with E-state index in [0.29, 0.717) is 5.92 Å². The van der Waals surface area contributed by atoms with Gasteiger partial charge in [-0.15, -0.1) is 0 Å². The van der Waals surface area contributed by atoms with Crippen molar-refractivity contribution in [3.8, 4) is 5.75 Å². The first-order valence-electron chi connectivity index (χ1n) is 4.62. The zero-order valence-corrected chi connectivity index (χ0v) is 7.73. The van der Waals surface area contributed by atoms with Crippen molar-refractivity contribution in [2.24, 2.45) is 5.92 Å². The summed E-state index contributed by atoms with van der Waals surface area (Å²) in [7, 11) is 0. The third-order valence-corrected chi connectivity index (χ3v) is 2.72. The van der Waals surface area contributed by atoms with Crippen molar-refractivity contribution in [2.75, 3.05) is 6.61 Å². The molecule has 1 fully saturated rings. The summed E-state index contributed by atoms with van der Waals surface area (Å²) in [5.74, 6) is 1.32. The van der Waals surface area contributed by atoms with E-state index in [9.17, 15) is 0 Å². The molecule has 1 aromatic rings. The number of aliphatic hydroxyl groups excluding tert-OH is 1. The van der Waals surface area contributed by atoms with Gasteiger partial charge in [0.05, 0.1) is 6.61 Å². The van der Waals surface area contributed by atoms with Crippen molar-refractivity contribution < 1.29 is 9.84 Å². The van der Waals surface area contributed by atoms with Gasteiger partial charge >= 0.3 is 0 Å². The average molecular weight is 178 g/mol. The number of hydrogen-bond acceptors (Lipinski definition) is 2. The van der Waals surface area contributed by atoms with Crippen molar-refractivity contribution in [3.63, 3.8) is 0 Å². The summed E-state index contributed by atoms with van der Waals surface area (Å²) in [6.45, 7) is 2.21. The molecule has 1 aliphatic carbocycles. The Morgan fingerprint density at radius 3 is 2.54 bits per heavy atom. The Morgan fingerprint density at radius 1 is 1.46 bits per heavy atom. The predicted molar refractivity (Wildman–Crippen MR) is 50.7 cm³/mol. The maximum absolute atomic E-state index is 9.16. The summed E-state index contributed by atoms with van der Waals surface area (Å²) in [6, 6.07) is 9.67. The Morgan fingerprint density at radius 2 is 2.08 bits per heavy atom. The molecule has 13 heavy (non-hydrogen) atoms. The van der Waals surface area contributed by atoms with E-state index in [4.69, 9.17) is 9.84 Å². The topological polar surface area (TPSA) is 29.5 Å². The minimum Gasteiger partial charge on any atom is -0.485 e. The van der Waals surface area contributed by atoms with Crippen LogP contribution in [-0.4, -0.2) is 17.3 Å². The number of aliphatic hydroxyl groups is 1. The molecule has 1 aromatic carbocycles. The zero-order chi connectivity index (χ0) is 9.31. The third kappa shape index (κ3) is 1.54. The van der Waals surface area contributed by atoms with Crippen LogP contribution >= 0.6 is 0 Å². The van der Waals surface area contributed by atoms with Crippen LogP contribution in [0.2, 0.25) is 0 Å². The van der Waals surface area contributed by atoms with Gasteiger partial charge in [0.1, 0.15) is 11.4 Å². The molecule has 2 nitrogen and oxygen atoms in total. The quantitative estimate of drug-likeness (QED) is 0.765. The molecule has 2 heteroatoms. The second-order valence-electron chi connectivity index (χ2n) is 3.74. The lowest BCUT2D eigenvalue weighted by Gasteiger charge is -2.16. The minimum atomic E-state index is -0.290. The van der Waals surface area contributed by atoms with Crippen molar-refractivity contribution in [3.05, 3.63) is 30.3 Å². The van der Waals surface area contributed by atoms with Crippen molar-refractivity contribution in [1.29, 1.82) is 0 Å². The van der Waals surface area contributed by atoms with Crippen LogP contribution in [0.5, 0.6) is 5.75 Å². The van der Waals surface area contributed by atoms with Crippen LogP contribution in [0, 0.1) is 5.92 Å². The van der Waals surface area contributed by atoms with Gasteiger partial charge in [-0.2, -0.15) is 0 Å². The van der Waals surface area contributed by atoms with Gasteiger partial charge in [0.15, 0.2) is 0 Å². The maximum Gasteiger partial charge on any atom is 0.135 e. The van der Waals surface area contributed by atoms with Crippen LogP contribution in [0.15, 0.2) is 30.3 Å². The van der Waals surface area contributed by atoms with E-state index in [0.717, 1.165) is 12.2 Å². The van der Waals surface area contributed by atoms with Gasteiger partial charge < -0.3 is 9.84 Å². The van der Waals surface area contributed by atoms with Crippen LogP contribution in [0.4, 0.5) is 0 Å². The molecular formula is C11H14O2. The molecule has 0 amide bonds. The Labute approximate surface area is 78.2 Å². The lowest BCUT2D eigenvalue weighted by Crippen LogP contribution is -2.25. The fraction of sp³-hybridized carbons (Fsp3) is 0.455. The molecule has 1 aliphatic rings. The summed E-state index contributed by atoms with van der Waals surface area (Å²) in [5, 5.41) is 9.16. The first kappa shape index (κ1) is 8.57. The monoisotopic (exact) mass is 178 g/mol. The van der Waals surface area contributed by atoms with Crippen LogP contribution in [0.1, 0.15) is 13.3 Å². The molecule has 0 heterocycles. The molecule has 2 unspecified atom stereocenters. The van der Waals surface area contributed by atoms with Gasteiger partial charge in [0, 0.05) is 5.92 Å². The van der Waals surface area contributed by atoms with Crippen molar-refractivity contribution in [1.82, 2.24) is 0 Å². The summed E-state index contributed by atoms with van der Waals surface area (Å²) >= 11 is 0. The maximum atomic E-state index is 9.16. The summed E-state index contributed by atoms with van der Waals surface area (Å²) in [6.07, 6.45) is 0.957. The number of benzene rings is 1. The highest BCUT2D eigenvalue weighted by Gasteiger charge is 2.53. The van der Waals surface area contributed by atoms with Crippen molar-refractivity contribution in [2.45, 2.75) is 18.9 Å². The van der Waals surface area contributed by atoms with E-state index in [-0.39, 0.29) is 12.2 Å². The van der Waals surface area contributed by atoms with Gasteiger partial charge in [-0.1, -0.05) is 25.1 Å². The molecule has 1 saturated carbocycles. The minimum absolute atomic E-state index is 0.114. The number of ether oxygens (including phenoxy) is 1. The standard InChI is InChI=1S/C11H14O2/c1-9-7-11(9,8-12)13-10-5-3-2-4-6-10/h2-6,9,12H,7-8H2,1H3. The number of hydrogen-bond donors (Lipinski definition) is 1. The fourth-order valence-corrected chi connectivity index (χ4v) is 1.58. The first-order valence-corrected chi connectivity index (χ1v) is 4.62. The fourth-order valence-electron chi connectivity index (χ4n) is 1.58. The predicted octanol–water partition coefficient (Wildman–Crippen LogP) is 1.84. The lowest BCUT2D eigenvalue weighted by atomic mass is 10.3. The highest BCUT2D eigenvalue weighted by Crippen LogP contribution is 2.46. The molecule has 0 aliphatic heterocycles. The van der Waals surface area contributed by atoms with Gasteiger partial charge in [-0.25, -0.2) is 0 Å². The molecule has 2 atom stereocenters. The van der Waals surface area contributed by atoms with E-state index in [2.05, 4.69) is 6.92 Å². The van der Waals surface area contributed by atoms with Crippen LogP contribution in [-0.2, 0) is 0 Å². The van der Waals surface area contributed by atoms with Gasteiger partial charge in [-0.3, -0.25) is 0 Å². The highest BCUT2D eigenvalue weighted by atomic mass is 16.5. The Bertz CT molecular complexity index is 279. The van der Waals surface area contributed by atoms with E-state index in [1.54, 1.807) is 0 Å². The van der Waals surface area contributed by atoms with Crippen LogP contribution in [0.3, 0.4) is 0 Å². The summed E-state index contributed by atoms with van der Waals surface area (Å²) in [5.41, 5.74) is -0.290. The normalized spacial score (nSPS) is 31.4. The molecule has 2 rings (SSSR count). The van der Waals surface area contributed by atoms with Gasteiger partial charge in [0.25, 0.3) is 0 Å². The molecule has 1 N–H and O–H groups in total. The highest BCUT2D eigenvalue weighted by molar-refractivity contribution is 5.24. The second kappa shape index (κ2) is 3.04. The first-order chi connectivity index (χ1) is 6.27. The Balaban J connectivity index is 2.07. The second-order valence-corrected chi connectivity index (χ2v) is 3.74. The van der Waals surface area contributed by atoms with E-state index in [1.165, 1.54) is 0 Å². The zero-order valence-electron chi connectivity index (χ0n) is 7.73. The molecule has 0 spiro atoms. The molecular weight excluding hydrogens is 164 g/mol.